The minimum absolute atomic E-state index is 0.0584. The van der Waals surface area contributed by atoms with Gasteiger partial charge in [-0.15, -0.1) is 0 Å². The molecular formula is C8H16F2N2O3S. The van der Waals surface area contributed by atoms with Crippen molar-refractivity contribution in [3.63, 3.8) is 0 Å². The Morgan fingerprint density at radius 1 is 1.38 bits per heavy atom. The molecule has 2 unspecified atom stereocenters. The molecule has 16 heavy (non-hydrogen) atoms. The van der Waals surface area contributed by atoms with Crippen LogP contribution in [-0.2, 0) is 10.2 Å². The van der Waals surface area contributed by atoms with Crippen molar-refractivity contribution in [1.29, 1.82) is 0 Å². The van der Waals surface area contributed by atoms with Gasteiger partial charge in [0.2, 0.25) is 6.43 Å². The van der Waals surface area contributed by atoms with Crippen molar-refractivity contribution in [1.82, 2.24) is 8.61 Å². The highest BCUT2D eigenvalue weighted by Crippen LogP contribution is 2.25. The van der Waals surface area contributed by atoms with Gasteiger partial charge < -0.3 is 5.11 Å². The molecule has 5 nitrogen and oxygen atoms in total. The average molecular weight is 258 g/mol. The fourth-order valence-corrected chi connectivity index (χ4v) is 2.87. The van der Waals surface area contributed by atoms with Crippen LogP contribution in [0.2, 0.25) is 0 Å². The molecule has 0 aromatic rings. The third-order valence-corrected chi connectivity index (χ3v) is 4.45. The summed E-state index contributed by atoms with van der Waals surface area (Å²) in [5, 5.41) is 9.39. The summed E-state index contributed by atoms with van der Waals surface area (Å²) in [6, 6.07) is 0. The monoisotopic (exact) mass is 258 g/mol. The molecule has 0 bridgehead atoms. The molecule has 8 heteroatoms. The van der Waals surface area contributed by atoms with E-state index < -0.39 is 28.7 Å². The second kappa shape index (κ2) is 4.91. The van der Waals surface area contributed by atoms with Gasteiger partial charge in [-0.1, -0.05) is 0 Å². The second-order valence-corrected chi connectivity index (χ2v) is 6.23. The third kappa shape index (κ3) is 2.88. The maximum absolute atomic E-state index is 12.5. The van der Waals surface area contributed by atoms with E-state index in [0.717, 1.165) is 8.61 Å². The van der Waals surface area contributed by atoms with Crippen molar-refractivity contribution < 1.29 is 22.3 Å². The molecule has 1 aliphatic rings. The molecule has 1 aliphatic heterocycles. The lowest BCUT2D eigenvalue weighted by Crippen LogP contribution is -2.51. The average Bonchev–Trinajstić information content (AvgIpc) is 2.16. The number of hydrogen-bond donors (Lipinski definition) is 1. The Labute approximate surface area is 93.8 Å². The van der Waals surface area contributed by atoms with E-state index in [2.05, 4.69) is 0 Å². The Balaban J connectivity index is 2.83. The van der Waals surface area contributed by atoms with Crippen molar-refractivity contribution >= 4 is 10.2 Å². The lowest BCUT2D eigenvalue weighted by Gasteiger charge is -2.35. The lowest BCUT2D eigenvalue weighted by molar-refractivity contribution is -0.00357. The third-order valence-electron chi connectivity index (χ3n) is 2.57. The lowest BCUT2D eigenvalue weighted by atomic mass is 9.98. The number of rotatable bonds is 3. The Kier molecular flexibility index (Phi) is 4.22. The molecule has 1 rings (SSSR count). The van der Waals surface area contributed by atoms with Gasteiger partial charge in [0, 0.05) is 33.1 Å². The first-order valence-electron chi connectivity index (χ1n) is 4.89. The van der Waals surface area contributed by atoms with E-state index in [1.165, 1.54) is 14.1 Å². The molecule has 0 aromatic heterocycles. The van der Waals surface area contributed by atoms with Gasteiger partial charge in [0.05, 0.1) is 6.10 Å². The second-order valence-electron chi connectivity index (χ2n) is 4.09. The molecule has 0 spiro atoms. The largest absolute Gasteiger partial charge is 0.392 e. The van der Waals surface area contributed by atoms with Gasteiger partial charge in [-0.25, -0.2) is 8.78 Å². The van der Waals surface area contributed by atoms with E-state index in [1.807, 2.05) is 0 Å². The Hall–Kier alpha value is -0.310. The maximum Gasteiger partial charge on any atom is 0.281 e. The maximum atomic E-state index is 12.5. The predicted molar refractivity (Wildman–Crippen MR) is 54.3 cm³/mol. The fraction of sp³-hybridized carbons (Fsp3) is 1.00. The molecular weight excluding hydrogens is 242 g/mol. The van der Waals surface area contributed by atoms with Crippen LogP contribution in [0.1, 0.15) is 6.42 Å². The number of piperidine rings is 1. The van der Waals surface area contributed by atoms with E-state index in [9.17, 15) is 22.3 Å². The number of aliphatic hydroxyl groups is 1. The SMILES string of the molecule is CN(C)S(=O)(=O)N1CC(O)CC(C(F)F)C1. The van der Waals surface area contributed by atoms with Gasteiger partial charge in [-0.2, -0.15) is 17.0 Å². The summed E-state index contributed by atoms with van der Waals surface area (Å²) in [6.45, 7) is -0.362. The Bertz CT molecular complexity index is 334. The Morgan fingerprint density at radius 3 is 2.38 bits per heavy atom. The molecule has 0 saturated carbocycles. The molecule has 0 aliphatic carbocycles. The van der Waals surface area contributed by atoms with E-state index in [-0.39, 0.29) is 19.5 Å². The zero-order valence-electron chi connectivity index (χ0n) is 9.18. The molecule has 0 aromatic carbocycles. The number of alkyl halides is 2. The van der Waals surface area contributed by atoms with Gasteiger partial charge in [-0.3, -0.25) is 0 Å². The zero-order valence-corrected chi connectivity index (χ0v) is 9.99. The van der Waals surface area contributed by atoms with Crippen molar-refractivity contribution in [3.05, 3.63) is 0 Å². The Morgan fingerprint density at radius 2 is 1.94 bits per heavy atom. The van der Waals surface area contributed by atoms with Crippen LogP contribution in [0.4, 0.5) is 8.78 Å². The van der Waals surface area contributed by atoms with Gasteiger partial charge in [0.15, 0.2) is 0 Å². The smallest absolute Gasteiger partial charge is 0.281 e. The van der Waals surface area contributed by atoms with Crippen LogP contribution >= 0.6 is 0 Å². The van der Waals surface area contributed by atoms with Crippen LogP contribution in [-0.4, -0.2) is 61.8 Å². The minimum Gasteiger partial charge on any atom is -0.392 e. The number of nitrogens with zero attached hydrogens (tertiary/aromatic N) is 2. The highest BCUT2D eigenvalue weighted by atomic mass is 32.2. The van der Waals surface area contributed by atoms with Gasteiger partial charge in [0.25, 0.3) is 10.2 Å². The summed E-state index contributed by atoms with van der Waals surface area (Å²) in [7, 11) is -1.07. The van der Waals surface area contributed by atoms with Crippen LogP contribution in [0.15, 0.2) is 0 Å². The quantitative estimate of drug-likeness (QED) is 0.759. The molecule has 96 valence electrons. The molecule has 2 atom stereocenters. The van der Waals surface area contributed by atoms with E-state index in [0.29, 0.717) is 0 Å². The highest BCUT2D eigenvalue weighted by molar-refractivity contribution is 7.86. The van der Waals surface area contributed by atoms with Crippen LogP contribution in [0, 0.1) is 5.92 Å². The first-order chi connectivity index (χ1) is 7.25. The van der Waals surface area contributed by atoms with Crippen LogP contribution in [0.5, 0.6) is 0 Å². The first-order valence-corrected chi connectivity index (χ1v) is 6.28. The van der Waals surface area contributed by atoms with Gasteiger partial charge >= 0.3 is 0 Å². The summed E-state index contributed by atoms with van der Waals surface area (Å²) < 4.78 is 50.3. The first kappa shape index (κ1) is 13.8. The van der Waals surface area contributed by atoms with Crippen molar-refractivity contribution in [3.8, 4) is 0 Å². The fourth-order valence-electron chi connectivity index (χ4n) is 1.67. The molecule has 1 N–H and O–H groups in total. The highest BCUT2D eigenvalue weighted by Gasteiger charge is 2.37. The van der Waals surface area contributed by atoms with Crippen molar-refractivity contribution in [2.75, 3.05) is 27.2 Å². The summed E-state index contributed by atoms with van der Waals surface area (Å²) >= 11 is 0. The number of halogens is 2. The van der Waals surface area contributed by atoms with Crippen LogP contribution in [0.25, 0.3) is 0 Å². The van der Waals surface area contributed by atoms with E-state index >= 15 is 0 Å². The van der Waals surface area contributed by atoms with Crippen LogP contribution in [0.3, 0.4) is 0 Å². The molecule has 1 heterocycles. The van der Waals surface area contributed by atoms with Crippen LogP contribution < -0.4 is 0 Å². The summed E-state index contributed by atoms with van der Waals surface area (Å²) in [5.41, 5.74) is 0. The zero-order chi connectivity index (χ0) is 12.5. The number of hydrogen-bond acceptors (Lipinski definition) is 3. The van der Waals surface area contributed by atoms with E-state index in [4.69, 9.17) is 0 Å². The summed E-state index contributed by atoms with van der Waals surface area (Å²) in [4.78, 5) is 0. The molecule has 1 saturated heterocycles. The number of β-amino-alcohol motifs (C(OH)–C–C–N with tert-alkyl or cyclic N) is 1. The molecule has 0 radical (unpaired) electrons. The van der Waals surface area contributed by atoms with Crippen molar-refractivity contribution in [2.24, 2.45) is 5.92 Å². The van der Waals surface area contributed by atoms with E-state index in [1.54, 1.807) is 0 Å². The summed E-state index contributed by atoms with van der Waals surface area (Å²) in [5.74, 6) is -1.10. The summed E-state index contributed by atoms with van der Waals surface area (Å²) in [6.07, 6.45) is -3.70. The topological polar surface area (TPSA) is 60.9 Å². The normalized spacial score (nSPS) is 28.9. The minimum atomic E-state index is -3.73. The van der Waals surface area contributed by atoms with Gasteiger partial charge in [0.1, 0.15) is 0 Å². The predicted octanol–water partition coefficient (Wildman–Crippen LogP) is -0.259. The standard InChI is InChI=1S/C8H16F2N2O3S/c1-11(2)16(14,15)12-4-6(8(9)10)3-7(13)5-12/h6-8,13H,3-5H2,1-2H3. The molecule has 0 amide bonds. The number of aliphatic hydroxyl groups excluding tert-OH is 1. The van der Waals surface area contributed by atoms with Crippen molar-refractivity contribution in [2.45, 2.75) is 19.0 Å². The molecule has 1 fully saturated rings. The van der Waals surface area contributed by atoms with Gasteiger partial charge in [-0.05, 0) is 6.42 Å².